The van der Waals surface area contributed by atoms with Crippen molar-refractivity contribution in [2.75, 3.05) is 6.61 Å². The number of ether oxygens (including phenoxy) is 1. The number of aliphatic hydroxyl groups is 2. The van der Waals surface area contributed by atoms with Gasteiger partial charge in [0, 0.05) is 12.0 Å². The first kappa shape index (κ1) is 23.3. The lowest BCUT2D eigenvalue weighted by atomic mass is 9.95. The van der Waals surface area contributed by atoms with Crippen LogP contribution in [0.1, 0.15) is 24.4 Å². The van der Waals surface area contributed by atoms with Crippen LogP contribution in [0.15, 0.2) is 49.2 Å². The lowest BCUT2D eigenvalue weighted by Crippen LogP contribution is -2.45. The van der Waals surface area contributed by atoms with Gasteiger partial charge in [0.25, 0.3) is 0 Å². The molecule has 1 aliphatic heterocycles. The van der Waals surface area contributed by atoms with Gasteiger partial charge in [-0.2, -0.15) is 0 Å². The van der Waals surface area contributed by atoms with Crippen LogP contribution in [0, 0.1) is 17.5 Å². The molecule has 5 aromatic rings. The molecular formula is C23H19F3N8O3. The van der Waals surface area contributed by atoms with E-state index in [1.807, 2.05) is 18.2 Å². The van der Waals surface area contributed by atoms with Gasteiger partial charge >= 0.3 is 0 Å². The van der Waals surface area contributed by atoms with Crippen LogP contribution in [-0.4, -0.2) is 68.8 Å². The third kappa shape index (κ3) is 4.04. The maximum Gasteiger partial charge on any atom is 0.194 e. The lowest BCUT2D eigenvalue weighted by molar-refractivity contribution is -0.161. The number of nitrogens with one attached hydrogen (secondary N) is 1. The average molecular weight is 512 g/mol. The zero-order chi connectivity index (χ0) is 25.7. The van der Waals surface area contributed by atoms with Crippen LogP contribution < -0.4 is 0 Å². The molecule has 3 N–H and O–H groups in total. The number of halogens is 3. The molecule has 0 amide bonds. The van der Waals surface area contributed by atoms with Gasteiger partial charge in [0.1, 0.15) is 30.3 Å². The zero-order valence-electron chi connectivity index (χ0n) is 18.9. The van der Waals surface area contributed by atoms with E-state index in [-0.39, 0.29) is 17.7 Å². The van der Waals surface area contributed by atoms with Crippen molar-refractivity contribution in [2.24, 2.45) is 0 Å². The molecule has 0 saturated carbocycles. The Hall–Kier alpha value is -4.14. The highest BCUT2D eigenvalue weighted by Crippen LogP contribution is 2.38. The van der Waals surface area contributed by atoms with Crippen molar-refractivity contribution in [3.05, 3.63) is 72.5 Å². The minimum absolute atomic E-state index is 0.0200. The molecule has 1 aliphatic rings. The highest BCUT2D eigenvalue weighted by atomic mass is 19.2. The van der Waals surface area contributed by atoms with Gasteiger partial charge < -0.3 is 19.9 Å². The summed E-state index contributed by atoms with van der Waals surface area (Å²) in [5.41, 5.74) is 2.40. The van der Waals surface area contributed by atoms with Crippen molar-refractivity contribution in [3.63, 3.8) is 0 Å². The Bertz CT molecular complexity index is 1560. The van der Waals surface area contributed by atoms with Crippen molar-refractivity contribution >= 4 is 11.0 Å². The number of aromatic nitrogens is 8. The van der Waals surface area contributed by atoms with Gasteiger partial charge in [-0.3, -0.25) is 4.57 Å². The topological polar surface area (TPSA) is 140 Å². The van der Waals surface area contributed by atoms with E-state index >= 15 is 0 Å². The highest BCUT2D eigenvalue weighted by Gasteiger charge is 2.41. The maximum absolute atomic E-state index is 13.7. The monoisotopic (exact) mass is 512 g/mol. The van der Waals surface area contributed by atoms with Gasteiger partial charge in [-0.25, -0.2) is 22.8 Å². The molecule has 4 heterocycles. The molecule has 14 heteroatoms. The van der Waals surface area contributed by atoms with E-state index in [0.717, 1.165) is 28.9 Å². The summed E-state index contributed by atoms with van der Waals surface area (Å²) in [5, 5.41) is 37.0. The molecule has 37 heavy (non-hydrogen) atoms. The van der Waals surface area contributed by atoms with E-state index in [0.29, 0.717) is 5.82 Å². The van der Waals surface area contributed by atoms with Gasteiger partial charge in [-0.15, -0.1) is 15.3 Å². The largest absolute Gasteiger partial charge is 0.394 e. The molecule has 3 aromatic heterocycles. The van der Waals surface area contributed by atoms with Crippen LogP contribution >= 0.6 is 0 Å². The van der Waals surface area contributed by atoms with E-state index in [4.69, 9.17) is 4.74 Å². The number of hydrogen-bond acceptors (Lipinski definition) is 8. The molecule has 4 unspecified atom stereocenters. The Morgan fingerprint density at radius 3 is 2.70 bits per heavy atom. The smallest absolute Gasteiger partial charge is 0.194 e. The fraction of sp³-hybridized carbons (Fsp3) is 0.261. The predicted octanol–water partition coefficient (Wildman–Crippen LogP) is 2.24. The Balaban J connectivity index is 1.33. The second kappa shape index (κ2) is 9.06. The van der Waals surface area contributed by atoms with E-state index < -0.39 is 48.4 Å². The minimum atomic E-state index is -1.58. The van der Waals surface area contributed by atoms with Gasteiger partial charge in [-0.1, -0.05) is 5.21 Å². The van der Waals surface area contributed by atoms with Crippen LogP contribution in [0.25, 0.3) is 28.0 Å². The Labute approximate surface area is 206 Å². The molecule has 1 fully saturated rings. The number of imidazole rings is 1. The summed E-state index contributed by atoms with van der Waals surface area (Å²) in [5.74, 6) is -3.87. The molecule has 6 rings (SSSR count). The number of hydrogen-bond donors (Lipinski definition) is 3. The van der Waals surface area contributed by atoms with Crippen molar-refractivity contribution in [3.8, 4) is 16.9 Å². The summed E-state index contributed by atoms with van der Waals surface area (Å²) >= 11 is 0. The standard InChI is InChI=1S/C23H19F3N8O3/c24-13-3-11(4-14(25)21(13)26)17-7-34(32-30-17)18-6-19(37-20(8-35)22(18)36)23-31-29-10-33(23)12-1-2-15-16(5-12)28-9-27-15/h1-5,7,9-10,18-20,22,35-36H,6,8H2,(H,27,28). The number of rotatable bonds is 5. The number of nitrogens with zero attached hydrogens (tertiary/aromatic N) is 7. The second-order valence-electron chi connectivity index (χ2n) is 8.64. The Kier molecular flexibility index (Phi) is 5.70. The Morgan fingerprint density at radius 2 is 1.92 bits per heavy atom. The normalized spacial score (nSPS) is 22.1. The van der Waals surface area contributed by atoms with Gasteiger partial charge in [-0.05, 0) is 30.3 Å². The average Bonchev–Trinajstić information content (AvgIpc) is 3.67. The summed E-state index contributed by atoms with van der Waals surface area (Å²) in [6, 6.07) is 6.44. The first-order valence-corrected chi connectivity index (χ1v) is 11.3. The summed E-state index contributed by atoms with van der Waals surface area (Å²) in [4.78, 5) is 7.26. The first-order chi connectivity index (χ1) is 17.9. The molecule has 0 spiro atoms. The van der Waals surface area contributed by atoms with Crippen molar-refractivity contribution in [1.82, 2.24) is 39.7 Å². The second-order valence-corrected chi connectivity index (χ2v) is 8.64. The van der Waals surface area contributed by atoms with Crippen molar-refractivity contribution in [1.29, 1.82) is 0 Å². The minimum Gasteiger partial charge on any atom is -0.394 e. The zero-order valence-corrected chi connectivity index (χ0v) is 18.9. The van der Waals surface area contributed by atoms with Gasteiger partial charge in [0.15, 0.2) is 23.3 Å². The van der Waals surface area contributed by atoms with E-state index in [2.05, 4.69) is 30.5 Å². The van der Waals surface area contributed by atoms with Crippen LogP contribution in [-0.2, 0) is 4.74 Å². The van der Waals surface area contributed by atoms with Crippen LogP contribution in [0.5, 0.6) is 0 Å². The molecule has 1 saturated heterocycles. The van der Waals surface area contributed by atoms with Gasteiger partial charge in [0.05, 0.1) is 41.9 Å². The third-order valence-electron chi connectivity index (χ3n) is 6.42. The van der Waals surface area contributed by atoms with Gasteiger partial charge in [0.2, 0.25) is 0 Å². The van der Waals surface area contributed by atoms with E-state index in [1.165, 1.54) is 17.2 Å². The molecular weight excluding hydrogens is 493 g/mol. The first-order valence-electron chi connectivity index (χ1n) is 11.3. The molecule has 11 nitrogen and oxygen atoms in total. The Morgan fingerprint density at radius 1 is 1.11 bits per heavy atom. The van der Waals surface area contributed by atoms with Crippen molar-refractivity contribution in [2.45, 2.75) is 30.8 Å². The van der Waals surface area contributed by atoms with E-state index in [1.54, 1.807) is 10.9 Å². The summed E-state index contributed by atoms with van der Waals surface area (Å²) < 4.78 is 49.8. The summed E-state index contributed by atoms with van der Waals surface area (Å²) in [6.07, 6.45) is 1.78. The van der Waals surface area contributed by atoms with Crippen LogP contribution in [0.2, 0.25) is 0 Å². The number of fused-ring (bicyclic) bond motifs is 1. The maximum atomic E-state index is 13.7. The van der Waals surface area contributed by atoms with E-state index in [9.17, 15) is 23.4 Å². The number of aliphatic hydroxyl groups excluding tert-OH is 2. The molecule has 4 atom stereocenters. The molecule has 2 aromatic carbocycles. The fourth-order valence-electron chi connectivity index (χ4n) is 4.55. The number of benzene rings is 2. The van der Waals surface area contributed by atoms with Crippen molar-refractivity contribution < 1.29 is 28.1 Å². The molecule has 190 valence electrons. The fourth-order valence-corrected chi connectivity index (χ4v) is 4.55. The quantitative estimate of drug-likeness (QED) is 0.305. The summed E-state index contributed by atoms with van der Waals surface area (Å²) in [6.45, 7) is -0.488. The number of aromatic amines is 1. The highest BCUT2D eigenvalue weighted by molar-refractivity contribution is 5.76. The third-order valence-corrected chi connectivity index (χ3v) is 6.42. The molecule has 0 radical (unpaired) electrons. The SMILES string of the molecule is OCC1OC(c2nncn2-c2ccc3nc[nH]c3c2)CC(n2cc(-c3cc(F)c(F)c(F)c3)nn2)C1O. The molecule has 0 aliphatic carbocycles. The van der Waals surface area contributed by atoms with Crippen LogP contribution in [0.4, 0.5) is 13.2 Å². The summed E-state index contributed by atoms with van der Waals surface area (Å²) in [7, 11) is 0. The number of H-pyrrole nitrogens is 1. The van der Waals surface area contributed by atoms with Crippen LogP contribution in [0.3, 0.4) is 0 Å². The lowest BCUT2D eigenvalue weighted by Gasteiger charge is -2.38. The molecule has 0 bridgehead atoms. The predicted molar refractivity (Wildman–Crippen MR) is 121 cm³/mol.